The maximum atomic E-state index is 13.3. The fourth-order valence-electron chi connectivity index (χ4n) is 3.68. The molecule has 0 amide bonds. The Kier molecular flexibility index (Phi) is 5.53. The van der Waals surface area contributed by atoms with Gasteiger partial charge in [-0.3, -0.25) is 9.78 Å². The third-order valence-electron chi connectivity index (χ3n) is 4.87. The van der Waals surface area contributed by atoms with E-state index in [0.717, 1.165) is 16.7 Å². The van der Waals surface area contributed by atoms with Gasteiger partial charge in [0.25, 0.3) is 15.6 Å². The fourth-order valence-corrected chi connectivity index (χ4v) is 5.03. The second-order valence-corrected chi connectivity index (χ2v) is 9.72. The molecule has 8 nitrogen and oxygen atoms in total. The number of imidazole rings is 1. The van der Waals surface area contributed by atoms with E-state index in [1.165, 1.54) is 6.33 Å². The predicted molar refractivity (Wildman–Crippen MR) is 114 cm³/mol. The van der Waals surface area contributed by atoms with Gasteiger partial charge < -0.3 is 4.98 Å². The Balaban J connectivity index is 2.17. The van der Waals surface area contributed by atoms with Crippen molar-refractivity contribution < 1.29 is 8.42 Å². The summed E-state index contributed by atoms with van der Waals surface area (Å²) in [5, 5.41) is 0. The number of rotatable bonds is 6. The van der Waals surface area contributed by atoms with E-state index in [-0.39, 0.29) is 39.8 Å². The number of aromatic amines is 2. The van der Waals surface area contributed by atoms with Crippen LogP contribution in [0.15, 0.2) is 28.2 Å². The zero-order valence-corrected chi connectivity index (χ0v) is 18.3. The molecule has 0 spiro atoms. The molecule has 3 aromatic rings. The summed E-state index contributed by atoms with van der Waals surface area (Å²) < 4.78 is 29.0. The molecule has 0 radical (unpaired) electrons. The van der Waals surface area contributed by atoms with Gasteiger partial charge in [0.2, 0.25) is 5.95 Å². The zero-order valence-electron chi connectivity index (χ0n) is 17.5. The Labute approximate surface area is 170 Å². The summed E-state index contributed by atoms with van der Waals surface area (Å²) >= 11 is 0. The van der Waals surface area contributed by atoms with Gasteiger partial charge in [-0.2, -0.15) is 4.98 Å². The second kappa shape index (κ2) is 7.62. The molecule has 9 heteroatoms. The van der Waals surface area contributed by atoms with Crippen molar-refractivity contribution in [2.45, 2.75) is 64.2 Å². The van der Waals surface area contributed by atoms with Crippen LogP contribution in [0.5, 0.6) is 0 Å². The first-order valence-electron chi connectivity index (χ1n) is 9.65. The Hall–Kier alpha value is -2.68. The first kappa shape index (κ1) is 21.0. The SMILES string of the molecule is CC(C)c1ccc(S(=O)(=O)Nc2nc3nc[nH]c3c(=O)[nH]2)c(C(C)C)c1C(C)C. The van der Waals surface area contributed by atoms with Crippen molar-refractivity contribution in [3.8, 4) is 0 Å². The summed E-state index contributed by atoms with van der Waals surface area (Å²) in [6, 6.07) is 3.53. The van der Waals surface area contributed by atoms with E-state index in [1.807, 2.05) is 19.9 Å². The van der Waals surface area contributed by atoms with Gasteiger partial charge in [-0.25, -0.2) is 18.1 Å². The molecule has 3 N–H and O–H groups in total. The minimum atomic E-state index is -3.98. The molecular weight excluding hydrogens is 390 g/mol. The lowest BCUT2D eigenvalue weighted by molar-refractivity contribution is 0.597. The van der Waals surface area contributed by atoms with Crippen LogP contribution in [0.25, 0.3) is 11.2 Å². The van der Waals surface area contributed by atoms with Crippen LogP contribution in [0.4, 0.5) is 5.95 Å². The number of nitrogens with one attached hydrogen (secondary N) is 3. The monoisotopic (exact) mass is 417 g/mol. The summed E-state index contributed by atoms with van der Waals surface area (Å²) in [6.07, 6.45) is 1.33. The van der Waals surface area contributed by atoms with Crippen LogP contribution in [0.2, 0.25) is 0 Å². The average Bonchev–Trinajstić information content (AvgIpc) is 3.08. The standard InChI is InChI=1S/C20H27N5O3S/c1-10(2)13-7-8-14(16(12(5)6)15(13)11(3)4)29(27,28)25-20-23-18-17(19(26)24-20)21-9-22-18/h7-12H,1-6H3,(H3,21,22,23,24,25,26). The number of nitrogens with zero attached hydrogens (tertiary/aromatic N) is 2. The van der Waals surface area contributed by atoms with Crippen molar-refractivity contribution in [2.24, 2.45) is 0 Å². The fraction of sp³-hybridized carbons (Fsp3) is 0.450. The number of sulfonamides is 1. The molecule has 156 valence electrons. The molecule has 1 aromatic carbocycles. The van der Waals surface area contributed by atoms with Crippen molar-refractivity contribution in [3.63, 3.8) is 0 Å². The largest absolute Gasteiger partial charge is 0.339 e. The van der Waals surface area contributed by atoms with Gasteiger partial charge in [-0.05, 0) is 40.5 Å². The highest BCUT2D eigenvalue weighted by Gasteiger charge is 2.27. The number of H-pyrrole nitrogens is 2. The molecule has 0 aliphatic rings. The van der Waals surface area contributed by atoms with Crippen LogP contribution in [0.3, 0.4) is 0 Å². The number of benzene rings is 1. The Morgan fingerprint density at radius 1 is 0.966 bits per heavy atom. The quantitative estimate of drug-likeness (QED) is 0.563. The van der Waals surface area contributed by atoms with Crippen molar-refractivity contribution in [1.82, 2.24) is 19.9 Å². The van der Waals surface area contributed by atoms with Crippen LogP contribution in [0, 0.1) is 0 Å². The van der Waals surface area contributed by atoms with Crippen LogP contribution < -0.4 is 10.3 Å². The number of anilines is 1. The molecule has 0 saturated carbocycles. The Morgan fingerprint density at radius 2 is 1.62 bits per heavy atom. The summed E-state index contributed by atoms with van der Waals surface area (Å²) in [4.78, 5) is 25.5. The van der Waals surface area contributed by atoms with Crippen molar-refractivity contribution in [3.05, 3.63) is 45.5 Å². The number of fused-ring (bicyclic) bond motifs is 1. The van der Waals surface area contributed by atoms with E-state index < -0.39 is 15.6 Å². The van der Waals surface area contributed by atoms with E-state index in [4.69, 9.17) is 0 Å². The van der Waals surface area contributed by atoms with Crippen LogP contribution in [0.1, 0.15) is 76.0 Å². The van der Waals surface area contributed by atoms with E-state index in [9.17, 15) is 13.2 Å². The summed E-state index contributed by atoms with van der Waals surface area (Å²) in [5.74, 6) is 0.273. The van der Waals surface area contributed by atoms with Gasteiger partial charge in [-0.15, -0.1) is 0 Å². The highest BCUT2D eigenvalue weighted by molar-refractivity contribution is 7.92. The van der Waals surface area contributed by atoms with Gasteiger partial charge in [0.05, 0.1) is 11.2 Å². The van der Waals surface area contributed by atoms with Crippen LogP contribution >= 0.6 is 0 Å². The lowest BCUT2D eigenvalue weighted by Gasteiger charge is -2.25. The molecule has 3 rings (SSSR count). The molecule has 2 aromatic heterocycles. The number of hydrogen-bond donors (Lipinski definition) is 3. The highest BCUT2D eigenvalue weighted by Crippen LogP contribution is 2.37. The molecule has 0 fully saturated rings. The first-order valence-corrected chi connectivity index (χ1v) is 11.1. The maximum absolute atomic E-state index is 13.3. The molecular formula is C20H27N5O3S. The van der Waals surface area contributed by atoms with E-state index in [2.05, 4.69) is 52.4 Å². The normalized spacial score (nSPS) is 12.4. The lowest BCUT2D eigenvalue weighted by atomic mass is 9.83. The molecule has 0 bridgehead atoms. The van der Waals surface area contributed by atoms with E-state index >= 15 is 0 Å². The topological polar surface area (TPSA) is 121 Å². The first-order chi connectivity index (χ1) is 13.5. The van der Waals surface area contributed by atoms with Gasteiger partial charge in [0.15, 0.2) is 11.2 Å². The number of hydrogen-bond acceptors (Lipinski definition) is 5. The van der Waals surface area contributed by atoms with Crippen LogP contribution in [-0.4, -0.2) is 28.4 Å². The average molecular weight is 418 g/mol. The smallest absolute Gasteiger partial charge is 0.278 e. The summed E-state index contributed by atoms with van der Waals surface area (Å²) in [7, 11) is -3.98. The molecule has 0 unspecified atom stereocenters. The van der Waals surface area contributed by atoms with E-state index in [1.54, 1.807) is 6.07 Å². The van der Waals surface area contributed by atoms with Crippen molar-refractivity contribution in [2.75, 3.05) is 4.72 Å². The summed E-state index contributed by atoms with van der Waals surface area (Å²) in [6.45, 7) is 12.3. The van der Waals surface area contributed by atoms with Gasteiger partial charge in [0.1, 0.15) is 0 Å². The van der Waals surface area contributed by atoms with Gasteiger partial charge >= 0.3 is 0 Å². The Morgan fingerprint density at radius 3 is 2.21 bits per heavy atom. The molecule has 0 aliphatic heterocycles. The second-order valence-electron chi connectivity index (χ2n) is 8.07. The zero-order chi connectivity index (χ0) is 21.5. The van der Waals surface area contributed by atoms with Crippen molar-refractivity contribution in [1.29, 1.82) is 0 Å². The van der Waals surface area contributed by atoms with Crippen LogP contribution in [-0.2, 0) is 10.0 Å². The molecule has 0 atom stereocenters. The minimum Gasteiger partial charge on any atom is -0.339 e. The molecule has 29 heavy (non-hydrogen) atoms. The molecule has 0 aliphatic carbocycles. The third-order valence-corrected chi connectivity index (χ3v) is 6.27. The molecule has 2 heterocycles. The number of aromatic nitrogens is 4. The summed E-state index contributed by atoms with van der Waals surface area (Å²) in [5.41, 5.74) is 2.84. The maximum Gasteiger partial charge on any atom is 0.278 e. The van der Waals surface area contributed by atoms with Crippen molar-refractivity contribution >= 4 is 27.1 Å². The molecule has 0 saturated heterocycles. The highest BCUT2D eigenvalue weighted by atomic mass is 32.2. The van der Waals surface area contributed by atoms with Gasteiger partial charge in [0, 0.05) is 0 Å². The van der Waals surface area contributed by atoms with Gasteiger partial charge in [-0.1, -0.05) is 47.6 Å². The predicted octanol–water partition coefficient (Wildman–Crippen LogP) is 3.82. The Bertz CT molecular complexity index is 1210. The minimum absolute atomic E-state index is 0.00139. The van der Waals surface area contributed by atoms with E-state index in [0.29, 0.717) is 0 Å². The third kappa shape index (κ3) is 3.91. The lowest BCUT2D eigenvalue weighted by Crippen LogP contribution is -2.21.